The van der Waals surface area contributed by atoms with Crippen molar-refractivity contribution in [1.29, 1.82) is 0 Å². The predicted octanol–water partition coefficient (Wildman–Crippen LogP) is 0.835. The Kier molecular flexibility index (Phi) is 5.87. The minimum absolute atomic E-state index is 0.130. The smallest absolute Gasteiger partial charge is 0.326 e. The van der Waals surface area contributed by atoms with E-state index in [1.165, 1.54) is 7.11 Å². The van der Waals surface area contributed by atoms with E-state index >= 15 is 0 Å². The minimum Gasteiger partial charge on any atom is -0.480 e. The molecule has 2 N–H and O–H groups in total. The summed E-state index contributed by atoms with van der Waals surface area (Å²) in [5.41, 5.74) is 1.05. The fraction of sp³-hybridized carbons (Fsp3) is 0.385. The van der Waals surface area contributed by atoms with Crippen molar-refractivity contribution in [2.75, 3.05) is 13.7 Å². The number of rotatable bonds is 7. The van der Waals surface area contributed by atoms with E-state index < -0.39 is 17.9 Å². The zero-order chi connectivity index (χ0) is 13.4. The Balaban J connectivity index is 2.48. The van der Waals surface area contributed by atoms with Crippen LogP contribution >= 0.6 is 0 Å². The molecule has 1 atom stereocenters. The van der Waals surface area contributed by atoms with Gasteiger partial charge in [0.25, 0.3) is 0 Å². The molecule has 1 rings (SSSR count). The van der Waals surface area contributed by atoms with Crippen molar-refractivity contribution < 1.29 is 19.4 Å². The molecule has 0 aliphatic rings. The zero-order valence-electron chi connectivity index (χ0n) is 10.3. The van der Waals surface area contributed by atoms with Gasteiger partial charge >= 0.3 is 5.97 Å². The van der Waals surface area contributed by atoms with Gasteiger partial charge in [-0.25, -0.2) is 4.79 Å². The Morgan fingerprint density at radius 3 is 2.56 bits per heavy atom. The monoisotopic (exact) mass is 251 g/mol. The molecule has 0 fully saturated rings. The molecule has 5 heteroatoms. The van der Waals surface area contributed by atoms with E-state index in [4.69, 9.17) is 5.11 Å². The fourth-order valence-electron chi connectivity index (χ4n) is 1.58. The Morgan fingerprint density at radius 1 is 1.33 bits per heavy atom. The lowest BCUT2D eigenvalue weighted by atomic mass is 10.1. The highest BCUT2D eigenvalue weighted by Crippen LogP contribution is 2.05. The van der Waals surface area contributed by atoms with Crippen molar-refractivity contribution >= 4 is 11.9 Å². The van der Waals surface area contributed by atoms with E-state index in [2.05, 4.69) is 10.1 Å². The predicted molar refractivity (Wildman–Crippen MR) is 66.2 cm³/mol. The van der Waals surface area contributed by atoms with Gasteiger partial charge in [-0.05, 0) is 18.4 Å². The maximum atomic E-state index is 11.3. The molecule has 1 aromatic rings. The highest BCUT2D eigenvalue weighted by atomic mass is 16.5. The Bertz CT molecular complexity index is 391. The van der Waals surface area contributed by atoms with Crippen molar-refractivity contribution in [3.63, 3.8) is 0 Å². The minimum atomic E-state index is -1.03. The molecule has 98 valence electrons. The average Bonchev–Trinajstić information content (AvgIpc) is 2.35. The highest BCUT2D eigenvalue weighted by molar-refractivity contribution is 5.84. The standard InChI is InChI=1S/C13H17NO4/c1-18-9-12(15)14-11(13(16)17)8-7-10-5-3-2-4-6-10/h2-6,11H,7-9H2,1H3,(H,14,15)(H,16,17)/t11-/m1/s1. The summed E-state index contributed by atoms with van der Waals surface area (Å²) < 4.78 is 4.64. The lowest BCUT2D eigenvalue weighted by Crippen LogP contribution is -2.42. The number of carbonyl (C=O) groups excluding carboxylic acids is 1. The van der Waals surface area contributed by atoms with Gasteiger partial charge in [0.1, 0.15) is 12.6 Å². The molecular weight excluding hydrogens is 234 g/mol. The van der Waals surface area contributed by atoms with Crippen molar-refractivity contribution in [2.45, 2.75) is 18.9 Å². The van der Waals surface area contributed by atoms with Gasteiger partial charge in [-0.3, -0.25) is 4.79 Å². The van der Waals surface area contributed by atoms with E-state index in [9.17, 15) is 9.59 Å². The number of carbonyl (C=O) groups is 2. The molecule has 0 radical (unpaired) electrons. The quantitative estimate of drug-likeness (QED) is 0.752. The summed E-state index contributed by atoms with van der Waals surface area (Å²) in [5.74, 6) is -1.45. The van der Waals surface area contributed by atoms with Crippen LogP contribution in [-0.4, -0.2) is 36.7 Å². The van der Waals surface area contributed by atoms with Crippen LogP contribution in [0.4, 0.5) is 0 Å². The summed E-state index contributed by atoms with van der Waals surface area (Å²) in [5, 5.41) is 11.4. The number of methoxy groups -OCH3 is 1. The number of amides is 1. The third kappa shape index (κ3) is 4.97. The second-order valence-corrected chi connectivity index (χ2v) is 3.92. The molecular formula is C13H17NO4. The summed E-state index contributed by atoms with van der Waals surface area (Å²) in [6.07, 6.45) is 0.958. The summed E-state index contributed by atoms with van der Waals surface area (Å²) >= 11 is 0. The van der Waals surface area contributed by atoms with Crippen LogP contribution in [0.25, 0.3) is 0 Å². The van der Waals surface area contributed by atoms with Crippen molar-refractivity contribution in [1.82, 2.24) is 5.32 Å². The molecule has 0 aliphatic carbocycles. The number of carboxylic acids is 1. The SMILES string of the molecule is COCC(=O)N[C@H](CCc1ccccc1)C(=O)O. The third-order valence-corrected chi connectivity index (χ3v) is 2.47. The van der Waals surface area contributed by atoms with Gasteiger partial charge in [0, 0.05) is 7.11 Å². The van der Waals surface area contributed by atoms with Crippen LogP contribution < -0.4 is 5.32 Å². The molecule has 0 bridgehead atoms. The first kappa shape index (κ1) is 14.2. The van der Waals surface area contributed by atoms with Crippen molar-refractivity contribution in [3.8, 4) is 0 Å². The number of hydrogen-bond donors (Lipinski definition) is 2. The van der Waals surface area contributed by atoms with E-state index in [0.29, 0.717) is 12.8 Å². The van der Waals surface area contributed by atoms with Crippen LogP contribution in [0.5, 0.6) is 0 Å². The van der Waals surface area contributed by atoms with Crippen LogP contribution in [0.15, 0.2) is 30.3 Å². The molecule has 1 aromatic carbocycles. The summed E-state index contributed by atoms with van der Waals surface area (Å²) in [6.45, 7) is -0.130. The molecule has 1 amide bonds. The van der Waals surface area contributed by atoms with E-state index in [0.717, 1.165) is 5.56 Å². The van der Waals surface area contributed by atoms with Crippen LogP contribution in [0, 0.1) is 0 Å². The Labute approximate surface area is 106 Å². The normalized spacial score (nSPS) is 11.8. The third-order valence-electron chi connectivity index (χ3n) is 2.47. The van der Waals surface area contributed by atoms with Gasteiger partial charge in [0.2, 0.25) is 5.91 Å². The Morgan fingerprint density at radius 2 is 2.00 bits per heavy atom. The number of benzene rings is 1. The van der Waals surface area contributed by atoms with Crippen LogP contribution in [-0.2, 0) is 20.7 Å². The molecule has 0 saturated heterocycles. The topological polar surface area (TPSA) is 75.6 Å². The second-order valence-electron chi connectivity index (χ2n) is 3.92. The first-order valence-electron chi connectivity index (χ1n) is 5.68. The molecule has 0 saturated carbocycles. The van der Waals surface area contributed by atoms with Gasteiger partial charge in [-0.15, -0.1) is 0 Å². The van der Waals surface area contributed by atoms with E-state index in [-0.39, 0.29) is 6.61 Å². The molecule has 0 unspecified atom stereocenters. The summed E-state index contributed by atoms with van der Waals surface area (Å²) in [4.78, 5) is 22.3. The molecule has 5 nitrogen and oxygen atoms in total. The van der Waals surface area contributed by atoms with E-state index in [1.807, 2.05) is 30.3 Å². The average molecular weight is 251 g/mol. The van der Waals surface area contributed by atoms with Crippen LogP contribution in [0.2, 0.25) is 0 Å². The van der Waals surface area contributed by atoms with Gasteiger partial charge < -0.3 is 15.2 Å². The van der Waals surface area contributed by atoms with Crippen molar-refractivity contribution in [3.05, 3.63) is 35.9 Å². The maximum Gasteiger partial charge on any atom is 0.326 e. The number of aliphatic carboxylic acids is 1. The number of carboxylic acid groups (broad SMARTS) is 1. The number of ether oxygens (including phenoxy) is 1. The number of aryl methyl sites for hydroxylation is 1. The largest absolute Gasteiger partial charge is 0.480 e. The van der Waals surface area contributed by atoms with Gasteiger partial charge in [0.15, 0.2) is 0 Å². The highest BCUT2D eigenvalue weighted by Gasteiger charge is 2.19. The van der Waals surface area contributed by atoms with Crippen LogP contribution in [0.1, 0.15) is 12.0 Å². The second kappa shape index (κ2) is 7.45. The van der Waals surface area contributed by atoms with Gasteiger partial charge in [0.05, 0.1) is 0 Å². The van der Waals surface area contributed by atoms with Gasteiger partial charge in [-0.1, -0.05) is 30.3 Å². The van der Waals surface area contributed by atoms with Crippen molar-refractivity contribution in [2.24, 2.45) is 0 Å². The lowest BCUT2D eigenvalue weighted by molar-refractivity contribution is -0.142. The first-order chi connectivity index (χ1) is 8.63. The zero-order valence-corrected chi connectivity index (χ0v) is 10.3. The molecule has 0 aromatic heterocycles. The Hall–Kier alpha value is -1.88. The maximum absolute atomic E-state index is 11.3. The molecule has 0 spiro atoms. The van der Waals surface area contributed by atoms with Crippen LogP contribution in [0.3, 0.4) is 0 Å². The van der Waals surface area contributed by atoms with E-state index in [1.54, 1.807) is 0 Å². The lowest BCUT2D eigenvalue weighted by Gasteiger charge is -2.14. The molecule has 0 heterocycles. The fourth-order valence-corrected chi connectivity index (χ4v) is 1.58. The first-order valence-corrected chi connectivity index (χ1v) is 5.68. The summed E-state index contributed by atoms with van der Waals surface area (Å²) in [7, 11) is 1.39. The number of nitrogens with one attached hydrogen (secondary N) is 1. The summed E-state index contributed by atoms with van der Waals surface area (Å²) in [6, 6.07) is 8.67. The number of hydrogen-bond acceptors (Lipinski definition) is 3. The van der Waals surface area contributed by atoms with Gasteiger partial charge in [-0.2, -0.15) is 0 Å². The molecule has 0 aliphatic heterocycles. The molecule has 18 heavy (non-hydrogen) atoms.